The average Bonchev–Trinajstić information content (AvgIpc) is 2.77. The van der Waals surface area contributed by atoms with E-state index < -0.39 is 29.6 Å². The van der Waals surface area contributed by atoms with Crippen LogP contribution in [-0.4, -0.2) is 58.2 Å². The van der Waals surface area contributed by atoms with Crippen molar-refractivity contribution in [1.29, 1.82) is 5.41 Å². The van der Waals surface area contributed by atoms with Crippen molar-refractivity contribution in [2.24, 2.45) is 35.0 Å². The molecule has 0 radical (unpaired) electrons. The molecule has 2 rings (SSSR count). The first-order valence-corrected chi connectivity index (χ1v) is 14.0. The van der Waals surface area contributed by atoms with Gasteiger partial charge in [-0.25, -0.2) is 0 Å². The SMILES string of the molecule is CC[C@H]1OC(=O)[C@H](C)C[C@H](C)[C@@H](O[C@H]2C[C@@H](C)C[C@@H](C)O2)C(C)(C)C[C@@H](C)C(=N)[C@H](C)[C@@H](O)[C@]1(C)O. The Labute approximate surface area is 219 Å². The van der Waals surface area contributed by atoms with Crippen LogP contribution in [0.25, 0.3) is 0 Å². The van der Waals surface area contributed by atoms with E-state index in [4.69, 9.17) is 19.6 Å². The number of ether oxygens (including phenoxy) is 3. The first-order chi connectivity index (χ1) is 16.5. The Balaban J connectivity index is 2.43. The molecule has 2 aliphatic heterocycles. The van der Waals surface area contributed by atoms with Crippen molar-refractivity contribution in [2.45, 2.75) is 138 Å². The number of carbonyl (C=O) groups excluding carboxylic acids is 1. The summed E-state index contributed by atoms with van der Waals surface area (Å²) in [4.78, 5) is 13.1. The molecule has 36 heavy (non-hydrogen) atoms. The number of hydrogen-bond acceptors (Lipinski definition) is 7. The number of esters is 1. The van der Waals surface area contributed by atoms with E-state index in [-0.39, 0.29) is 41.7 Å². The summed E-state index contributed by atoms with van der Waals surface area (Å²) in [5.74, 6) is -0.970. The van der Waals surface area contributed by atoms with Gasteiger partial charge in [-0.2, -0.15) is 0 Å². The predicted molar refractivity (Wildman–Crippen MR) is 142 cm³/mol. The van der Waals surface area contributed by atoms with Crippen LogP contribution in [0, 0.1) is 40.4 Å². The van der Waals surface area contributed by atoms with Gasteiger partial charge in [0.05, 0.1) is 24.2 Å². The molecule has 0 aromatic carbocycles. The third kappa shape index (κ3) is 7.30. The Hall–Kier alpha value is -1.02. The fraction of sp³-hybridized carbons (Fsp3) is 0.931. The minimum Gasteiger partial charge on any atom is -0.459 e. The van der Waals surface area contributed by atoms with Gasteiger partial charge in [0.25, 0.3) is 0 Å². The van der Waals surface area contributed by atoms with Crippen LogP contribution in [0.3, 0.4) is 0 Å². The zero-order valence-electron chi connectivity index (χ0n) is 24.3. The van der Waals surface area contributed by atoms with Gasteiger partial charge < -0.3 is 29.8 Å². The lowest BCUT2D eigenvalue weighted by Crippen LogP contribution is -2.56. The molecule has 0 aromatic heterocycles. The van der Waals surface area contributed by atoms with Crippen LogP contribution in [0.4, 0.5) is 0 Å². The number of nitrogens with one attached hydrogen (secondary N) is 1. The summed E-state index contributed by atoms with van der Waals surface area (Å²) in [7, 11) is 0. The first-order valence-electron chi connectivity index (χ1n) is 14.0. The summed E-state index contributed by atoms with van der Waals surface area (Å²) in [6, 6.07) is 0. The summed E-state index contributed by atoms with van der Waals surface area (Å²) in [5, 5.41) is 31.3. The second-order valence-corrected chi connectivity index (χ2v) is 13.0. The van der Waals surface area contributed by atoms with Crippen LogP contribution >= 0.6 is 0 Å². The Kier molecular flexibility index (Phi) is 10.6. The zero-order valence-corrected chi connectivity index (χ0v) is 24.3. The second-order valence-electron chi connectivity index (χ2n) is 13.0. The molecule has 0 aromatic rings. The third-order valence-corrected chi connectivity index (χ3v) is 8.63. The van der Waals surface area contributed by atoms with E-state index >= 15 is 0 Å². The molecule has 2 fully saturated rings. The Morgan fingerprint density at radius 3 is 2.19 bits per heavy atom. The molecule has 2 saturated heterocycles. The van der Waals surface area contributed by atoms with Crippen molar-refractivity contribution in [3.63, 3.8) is 0 Å². The Morgan fingerprint density at radius 1 is 1.03 bits per heavy atom. The maximum Gasteiger partial charge on any atom is 0.309 e. The highest BCUT2D eigenvalue weighted by molar-refractivity contribution is 5.86. The quantitative estimate of drug-likeness (QED) is 0.441. The highest BCUT2D eigenvalue weighted by Crippen LogP contribution is 2.41. The molecule has 0 saturated carbocycles. The van der Waals surface area contributed by atoms with Gasteiger partial charge in [-0.1, -0.05) is 55.4 Å². The minimum atomic E-state index is -1.67. The van der Waals surface area contributed by atoms with E-state index in [0.717, 1.165) is 12.8 Å². The van der Waals surface area contributed by atoms with Gasteiger partial charge in [-0.3, -0.25) is 4.79 Å². The highest BCUT2D eigenvalue weighted by Gasteiger charge is 2.47. The molecule has 0 bridgehead atoms. The molecule has 210 valence electrons. The van der Waals surface area contributed by atoms with Crippen LogP contribution in [0.15, 0.2) is 0 Å². The lowest BCUT2D eigenvalue weighted by Gasteiger charge is -2.45. The molecule has 0 unspecified atom stereocenters. The van der Waals surface area contributed by atoms with Gasteiger partial charge >= 0.3 is 5.97 Å². The smallest absolute Gasteiger partial charge is 0.309 e. The van der Waals surface area contributed by atoms with Crippen molar-refractivity contribution < 1.29 is 29.2 Å². The van der Waals surface area contributed by atoms with Gasteiger partial charge in [0.15, 0.2) is 6.29 Å². The number of aliphatic hydroxyl groups is 2. The van der Waals surface area contributed by atoms with Crippen LogP contribution in [0.2, 0.25) is 0 Å². The molecule has 7 heteroatoms. The van der Waals surface area contributed by atoms with E-state index in [9.17, 15) is 15.0 Å². The molecular formula is C29H53NO6. The normalized spacial score (nSPS) is 45.6. The summed E-state index contributed by atoms with van der Waals surface area (Å²) < 4.78 is 18.7. The topological polar surface area (TPSA) is 109 Å². The van der Waals surface area contributed by atoms with Crippen LogP contribution in [-0.2, 0) is 19.0 Å². The predicted octanol–water partition coefficient (Wildman–Crippen LogP) is 5.35. The van der Waals surface area contributed by atoms with Crippen molar-refractivity contribution in [1.82, 2.24) is 0 Å². The summed E-state index contributed by atoms with van der Waals surface area (Å²) in [6.45, 7) is 19.7. The van der Waals surface area contributed by atoms with E-state index in [1.807, 2.05) is 20.8 Å². The van der Waals surface area contributed by atoms with E-state index in [0.29, 0.717) is 30.9 Å². The summed E-state index contributed by atoms with van der Waals surface area (Å²) >= 11 is 0. The van der Waals surface area contributed by atoms with Gasteiger partial charge in [-0.05, 0) is 62.7 Å². The summed E-state index contributed by atoms with van der Waals surface area (Å²) in [5.41, 5.74) is -1.62. The number of hydrogen-bond donors (Lipinski definition) is 3. The van der Waals surface area contributed by atoms with E-state index in [1.54, 1.807) is 6.92 Å². The Bertz CT molecular complexity index is 742. The van der Waals surface area contributed by atoms with Crippen molar-refractivity contribution in [3.05, 3.63) is 0 Å². The van der Waals surface area contributed by atoms with Crippen LogP contribution in [0.1, 0.15) is 101 Å². The third-order valence-electron chi connectivity index (χ3n) is 8.63. The molecular weight excluding hydrogens is 458 g/mol. The highest BCUT2D eigenvalue weighted by atomic mass is 16.7. The standard InChI is InChI=1S/C29H53NO6/c1-11-22-29(10,33)25(31)21(7)24(30)19(5)15-28(8,9)26(17(3)14-18(4)27(32)35-22)36-23-13-16(2)12-20(6)34-23/h16-23,25-26,30-31,33H,11-15H2,1-10H3/t16-,17-,18+,19+,20+,21-,22+,23-,25+,26+,29+/m0/s1. The monoisotopic (exact) mass is 511 g/mol. The lowest BCUT2D eigenvalue weighted by molar-refractivity contribution is -0.247. The molecule has 7 nitrogen and oxygen atoms in total. The zero-order chi connectivity index (χ0) is 27.6. The molecule has 11 atom stereocenters. The minimum absolute atomic E-state index is 0.0339. The van der Waals surface area contributed by atoms with Gasteiger partial charge in [-0.15, -0.1) is 0 Å². The van der Waals surface area contributed by atoms with Gasteiger partial charge in [0.1, 0.15) is 11.7 Å². The number of aliphatic hydroxyl groups excluding tert-OH is 1. The van der Waals surface area contributed by atoms with E-state index in [1.165, 1.54) is 6.92 Å². The van der Waals surface area contributed by atoms with Gasteiger partial charge in [0, 0.05) is 18.1 Å². The Morgan fingerprint density at radius 2 is 1.64 bits per heavy atom. The fourth-order valence-corrected chi connectivity index (χ4v) is 6.68. The maximum atomic E-state index is 13.1. The van der Waals surface area contributed by atoms with Crippen molar-refractivity contribution in [3.8, 4) is 0 Å². The number of rotatable bonds is 3. The molecule has 3 N–H and O–H groups in total. The molecule has 0 aliphatic carbocycles. The molecule has 0 spiro atoms. The number of carbonyl (C=O) groups is 1. The fourth-order valence-electron chi connectivity index (χ4n) is 6.68. The van der Waals surface area contributed by atoms with Gasteiger partial charge in [0.2, 0.25) is 0 Å². The van der Waals surface area contributed by atoms with Crippen LogP contribution in [0.5, 0.6) is 0 Å². The second kappa shape index (κ2) is 12.2. The largest absolute Gasteiger partial charge is 0.459 e. The van der Waals surface area contributed by atoms with Crippen molar-refractivity contribution >= 4 is 11.7 Å². The molecule has 2 aliphatic rings. The van der Waals surface area contributed by atoms with Crippen molar-refractivity contribution in [2.75, 3.05) is 0 Å². The lowest BCUT2D eigenvalue weighted by atomic mass is 9.69. The number of cyclic esters (lactones) is 1. The molecule has 2 heterocycles. The van der Waals surface area contributed by atoms with Crippen LogP contribution < -0.4 is 0 Å². The first kappa shape index (κ1) is 31.2. The summed E-state index contributed by atoms with van der Waals surface area (Å²) in [6.07, 6.45) is 0.989. The maximum absolute atomic E-state index is 13.1. The molecule has 0 amide bonds. The van der Waals surface area contributed by atoms with E-state index in [2.05, 4.69) is 34.6 Å². The average molecular weight is 512 g/mol.